The van der Waals surface area contributed by atoms with Crippen LogP contribution in [-0.2, 0) is 11.3 Å². The van der Waals surface area contributed by atoms with Crippen LogP contribution in [0.3, 0.4) is 0 Å². The molecule has 0 atom stereocenters. The molecule has 1 rings (SSSR count). The van der Waals surface area contributed by atoms with Gasteiger partial charge in [0, 0.05) is 33.7 Å². The van der Waals surface area contributed by atoms with Crippen LogP contribution in [0.4, 0.5) is 0 Å². The molecule has 5 nitrogen and oxygen atoms in total. The van der Waals surface area contributed by atoms with Gasteiger partial charge in [0.15, 0.2) is 5.96 Å². The molecule has 0 saturated heterocycles. The molecule has 5 heteroatoms. The Bertz CT molecular complexity index is 552. The van der Waals surface area contributed by atoms with Crippen LogP contribution in [0.5, 0.6) is 0 Å². The van der Waals surface area contributed by atoms with Crippen molar-refractivity contribution < 1.29 is 4.79 Å². The number of hydrogen-bond donors (Lipinski definition) is 2. The maximum Gasteiger partial charge on any atom is 0.227 e. The van der Waals surface area contributed by atoms with Crippen LogP contribution in [-0.4, -0.2) is 44.0 Å². The minimum Gasteiger partial charge on any atom is -0.356 e. The number of nitrogens with one attached hydrogen (secondary N) is 2. The Morgan fingerprint density at radius 2 is 1.91 bits per heavy atom. The summed E-state index contributed by atoms with van der Waals surface area (Å²) in [6.45, 7) is 9.84. The zero-order valence-corrected chi connectivity index (χ0v) is 15.2. The van der Waals surface area contributed by atoms with E-state index in [0.717, 1.165) is 12.5 Å². The van der Waals surface area contributed by atoms with Gasteiger partial charge in [-0.25, -0.2) is 0 Å². The van der Waals surface area contributed by atoms with Gasteiger partial charge in [-0.15, -0.1) is 0 Å². The van der Waals surface area contributed by atoms with Crippen molar-refractivity contribution in [1.29, 1.82) is 0 Å². The van der Waals surface area contributed by atoms with Gasteiger partial charge in [-0.3, -0.25) is 9.79 Å². The van der Waals surface area contributed by atoms with Gasteiger partial charge in [-0.2, -0.15) is 0 Å². The summed E-state index contributed by atoms with van der Waals surface area (Å²) in [7, 11) is 3.76. The van der Waals surface area contributed by atoms with E-state index in [9.17, 15) is 4.79 Å². The zero-order valence-electron chi connectivity index (χ0n) is 15.2. The SMILES string of the molecule is CCNC(=O)C(C)(C)CNC(=NC)N(C)Cc1ccccc1C. The maximum atomic E-state index is 12.1. The number of rotatable bonds is 6. The van der Waals surface area contributed by atoms with E-state index in [4.69, 9.17) is 0 Å². The average Bonchev–Trinajstić information content (AvgIpc) is 2.50. The third-order valence-corrected chi connectivity index (χ3v) is 3.88. The van der Waals surface area contributed by atoms with Gasteiger partial charge in [0.1, 0.15) is 0 Å². The van der Waals surface area contributed by atoms with Crippen LogP contribution in [0.2, 0.25) is 0 Å². The Hall–Kier alpha value is -2.04. The number of hydrogen-bond acceptors (Lipinski definition) is 2. The van der Waals surface area contributed by atoms with Gasteiger partial charge >= 0.3 is 0 Å². The van der Waals surface area contributed by atoms with Crippen LogP contribution < -0.4 is 10.6 Å². The van der Waals surface area contributed by atoms with Crippen LogP contribution >= 0.6 is 0 Å². The lowest BCUT2D eigenvalue weighted by Gasteiger charge is -2.28. The molecule has 0 spiro atoms. The fourth-order valence-corrected chi connectivity index (χ4v) is 2.28. The first kappa shape index (κ1) is 19.0. The molecule has 0 fully saturated rings. The normalized spacial score (nSPS) is 12.0. The molecule has 1 aromatic rings. The molecule has 0 unspecified atom stereocenters. The van der Waals surface area contributed by atoms with Gasteiger partial charge in [0.2, 0.25) is 5.91 Å². The second kappa shape index (κ2) is 8.56. The molecule has 0 aromatic heterocycles. The topological polar surface area (TPSA) is 56.7 Å². The molecule has 128 valence electrons. The van der Waals surface area contributed by atoms with Crippen LogP contribution in [0.25, 0.3) is 0 Å². The monoisotopic (exact) mass is 318 g/mol. The van der Waals surface area contributed by atoms with E-state index >= 15 is 0 Å². The summed E-state index contributed by atoms with van der Waals surface area (Å²) >= 11 is 0. The van der Waals surface area contributed by atoms with Gasteiger partial charge in [-0.1, -0.05) is 24.3 Å². The Morgan fingerprint density at radius 3 is 2.48 bits per heavy atom. The summed E-state index contributed by atoms with van der Waals surface area (Å²) in [6.07, 6.45) is 0. The summed E-state index contributed by atoms with van der Waals surface area (Å²) < 4.78 is 0. The number of amides is 1. The molecule has 23 heavy (non-hydrogen) atoms. The predicted octanol–water partition coefficient (Wildman–Crippen LogP) is 2.16. The summed E-state index contributed by atoms with van der Waals surface area (Å²) in [5.74, 6) is 0.829. The molecule has 0 aliphatic carbocycles. The average molecular weight is 318 g/mol. The highest BCUT2D eigenvalue weighted by Gasteiger charge is 2.27. The molecular formula is C18H30N4O. The first-order valence-corrected chi connectivity index (χ1v) is 8.06. The van der Waals surface area contributed by atoms with Crippen molar-refractivity contribution in [2.24, 2.45) is 10.4 Å². The number of aryl methyl sites for hydroxylation is 1. The summed E-state index contributed by atoms with van der Waals surface area (Å²) in [6, 6.07) is 8.32. The number of aliphatic imine (C=N–C) groups is 1. The second-order valence-electron chi connectivity index (χ2n) is 6.43. The van der Waals surface area contributed by atoms with E-state index in [1.807, 2.05) is 40.0 Å². The van der Waals surface area contributed by atoms with E-state index < -0.39 is 5.41 Å². The minimum absolute atomic E-state index is 0.0458. The number of carbonyl (C=O) groups is 1. The Balaban J connectivity index is 2.67. The third kappa shape index (κ3) is 5.58. The lowest BCUT2D eigenvalue weighted by atomic mass is 9.92. The molecule has 0 aliphatic rings. The molecule has 1 aromatic carbocycles. The van der Waals surface area contributed by atoms with Crippen molar-refractivity contribution in [2.75, 3.05) is 27.2 Å². The molecule has 0 radical (unpaired) electrons. The van der Waals surface area contributed by atoms with Crippen LogP contribution in [0.15, 0.2) is 29.3 Å². The van der Waals surface area contributed by atoms with E-state index in [0.29, 0.717) is 13.1 Å². The summed E-state index contributed by atoms with van der Waals surface area (Å²) in [5, 5.41) is 6.18. The third-order valence-electron chi connectivity index (χ3n) is 3.88. The Morgan fingerprint density at radius 1 is 1.26 bits per heavy atom. The van der Waals surface area contributed by atoms with Crippen LogP contribution in [0.1, 0.15) is 31.9 Å². The largest absolute Gasteiger partial charge is 0.356 e. The second-order valence-corrected chi connectivity index (χ2v) is 6.43. The fraction of sp³-hybridized carbons (Fsp3) is 0.556. The van der Waals surface area contributed by atoms with Crippen molar-refractivity contribution >= 4 is 11.9 Å². The number of guanidine groups is 1. The lowest BCUT2D eigenvalue weighted by Crippen LogP contribution is -2.48. The van der Waals surface area contributed by atoms with Gasteiger partial charge in [0.05, 0.1) is 5.41 Å². The highest BCUT2D eigenvalue weighted by molar-refractivity contribution is 5.84. The number of benzene rings is 1. The van der Waals surface area contributed by atoms with Crippen molar-refractivity contribution in [3.8, 4) is 0 Å². The zero-order chi connectivity index (χ0) is 17.5. The molecular weight excluding hydrogens is 288 g/mol. The maximum absolute atomic E-state index is 12.1. The van der Waals surface area contributed by atoms with E-state index in [-0.39, 0.29) is 5.91 Å². The summed E-state index contributed by atoms with van der Waals surface area (Å²) in [5.41, 5.74) is 2.04. The fourth-order valence-electron chi connectivity index (χ4n) is 2.28. The minimum atomic E-state index is -0.491. The predicted molar refractivity (Wildman–Crippen MR) is 96.5 cm³/mol. The summed E-state index contributed by atoms with van der Waals surface area (Å²) in [4.78, 5) is 18.5. The van der Waals surface area contributed by atoms with Crippen molar-refractivity contribution in [1.82, 2.24) is 15.5 Å². The van der Waals surface area contributed by atoms with E-state index in [2.05, 4.69) is 39.6 Å². The number of nitrogens with zero attached hydrogens (tertiary/aromatic N) is 2. The molecule has 2 N–H and O–H groups in total. The standard InChI is InChI=1S/C18H30N4O/c1-7-20-16(23)18(3,4)13-21-17(19-5)22(6)12-15-11-9-8-10-14(15)2/h8-11H,7,12-13H2,1-6H3,(H,19,21)(H,20,23). The highest BCUT2D eigenvalue weighted by Crippen LogP contribution is 2.14. The van der Waals surface area contributed by atoms with Crippen molar-refractivity contribution in [2.45, 2.75) is 34.2 Å². The molecule has 1 amide bonds. The van der Waals surface area contributed by atoms with E-state index in [1.165, 1.54) is 11.1 Å². The highest BCUT2D eigenvalue weighted by atomic mass is 16.2. The first-order chi connectivity index (χ1) is 10.8. The van der Waals surface area contributed by atoms with Crippen molar-refractivity contribution in [3.05, 3.63) is 35.4 Å². The molecule has 0 heterocycles. The van der Waals surface area contributed by atoms with Crippen molar-refractivity contribution in [3.63, 3.8) is 0 Å². The van der Waals surface area contributed by atoms with Gasteiger partial charge in [0.25, 0.3) is 0 Å². The Labute approximate surface area is 140 Å². The first-order valence-electron chi connectivity index (χ1n) is 8.06. The smallest absolute Gasteiger partial charge is 0.227 e. The van der Waals surface area contributed by atoms with Gasteiger partial charge < -0.3 is 15.5 Å². The van der Waals surface area contributed by atoms with E-state index in [1.54, 1.807) is 7.05 Å². The molecule has 0 aliphatic heterocycles. The van der Waals surface area contributed by atoms with Gasteiger partial charge in [-0.05, 0) is 38.8 Å². The number of carbonyl (C=O) groups excluding carboxylic acids is 1. The molecule has 0 saturated carbocycles. The Kier molecular flexibility index (Phi) is 7.07. The quantitative estimate of drug-likeness (QED) is 0.624. The lowest BCUT2D eigenvalue weighted by molar-refractivity contribution is -0.128. The molecule has 0 bridgehead atoms. The van der Waals surface area contributed by atoms with Crippen LogP contribution in [0, 0.1) is 12.3 Å².